The van der Waals surface area contributed by atoms with Gasteiger partial charge in [-0.2, -0.15) is 4.98 Å². The van der Waals surface area contributed by atoms with Gasteiger partial charge in [0, 0.05) is 17.8 Å². The van der Waals surface area contributed by atoms with E-state index in [0.29, 0.717) is 35.4 Å². The summed E-state index contributed by atoms with van der Waals surface area (Å²) < 4.78 is 48.4. The predicted octanol–water partition coefficient (Wildman–Crippen LogP) is 2.88. The number of rotatable bonds is 6. The van der Waals surface area contributed by atoms with Crippen molar-refractivity contribution in [2.45, 2.75) is 44.4 Å². The highest BCUT2D eigenvalue weighted by atomic mass is 19.3. The second-order valence-corrected chi connectivity index (χ2v) is 8.20. The lowest BCUT2D eigenvalue weighted by molar-refractivity contribution is -0.0236. The molecule has 9 nitrogen and oxygen atoms in total. The highest BCUT2D eigenvalue weighted by Crippen LogP contribution is 2.36. The van der Waals surface area contributed by atoms with Gasteiger partial charge in [0.25, 0.3) is 6.43 Å². The number of anilines is 1. The lowest BCUT2D eigenvalue weighted by Gasteiger charge is -2.41. The zero-order chi connectivity index (χ0) is 22.6. The number of halogens is 3. The van der Waals surface area contributed by atoms with Crippen LogP contribution < -0.4 is 10.1 Å². The Bertz CT molecular complexity index is 1310. The monoisotopic (exact) mass is 447 g/mol. The smallest absolute Gasteiger partial charge is 0.258 e. The maximum atomic E-state index is 14.7. The minimum Gasteiger partial charge on any atom is -0.479 e. The molecular formula is C20H20F3N7O2. The Hall–Kier alpha value is -3.41. The van der Waals surface area contributed by atoms with Crippen LogP contribution in [0.4, 0.5) is 19.1 Å². The molecule has 4 aromatic rings. The number of fused-ring (bicyclic) bond motifs is 2. The van der Waals surface area contributed by atoms with E-state index in [1.807, 2.05) is 0 Å². The molecule has 3 heterocycles. The number of benzene rings is 1. The molecule has 0 bridgehead atoms. The van der Waals surface area contributed by atoms with Crippen molar-refractivity contribution in [3.8, 4) is 17.0 Å². The predicted molar refractivity (Wildman–Crippen MR) is 109 cm³/mol. The number of ether oxygens (including phenoxy) is 1. The Kier molecular flexibility index (Phi) is 4.69. The Balaban J connectivity index is 1.56. The number of hydrogen-bond donors (Lipinski definition) is 2. The standard InChI is InChI=1S/C20H20F3N7O2/c1-20(31)7-11(8-20)24-19-25-18(32-2)17-12(3-4-29(17)27-19)10-5-13(21)16-14(6-10)30(28-26-16)9-15(22)23/h3-6,11,15,31H,7-9H2,1-2H3,(H,24,27). The van der Waals surface area contributed by atoms with Crippen molar-refractivity contribution in [1.29, 1.82) is 0 Å². The summed E-state index contributed by atoms with van der Waals surface area (Å²) in [6.07, 6.45) is 0.176. The van der Waals surface area contributed by atoms with Gasteiger partial charge in [0.15, 0.2) is 5.82 Å². The third-order valence-electron chi connectivity index (χ3n) is 5.57. The lowest BCUT2D eigenvalue weighted by atomic mass is 9.77. The third kappa shape index (κ3) is 3.49. The van der Waals surface area contributed by atoms with E-state index in [-0.39, 0.29) is 23.0 Å². The van der Waals surface area contributed by atoms with Crippen molar-refractivity contribution in [3.63, 3.8) is 0 Å². The fourth-order valence-electron chi connectivity index (χ4n) is 4.16. The quantitative estimate of drug-likeness (QED) is 0.469. The van der Waals surface area contributed by atoms with Crippen LogP contribution in [-0.2, 0) is 6.54 Å². The van der Waals surface area contributed by atoms with Gasteiger partial charge in [-0.25, -0.2) is 22.4 Å². The maximum Gasteiger partial charge on any atom is 0.258 e. The van der Waals surface area contributed by atoms with E-state index in [9.17, 15) is 18.3 Å². The highest BCUT2D eigenvalue weighted by molar-refractivity contribution is 5.89. The van der Waals surface area contributed by atoms with E-state index in [1.54, 1.807) is 29.8 Å². The first-order valence-corrected chi connectivity index (χ1v) is 9.97. The number of nitrogens with one attached hydrogen (secondary N) is 1. The van der Waals surface area contributed by atoms with Gasteiger partial charge in [-0.1, -0.05) is 5.21 Å². The number of nitrogens with zero attached hydrogens (tertiary/aromatic N) is 6. The van der Waals surface area contributed by atoms with Gasteiger partial charge < -0.3 is 15.2 Å². The Labute approximate surface area is 179 Å². The SMILES string of the molecule is COc1nc(NC2CC(C)(O)C2)nn2ccc(-c3cc(F)c4nnn(CC(F)F)c4c3)c12. The summed E-state index contributed by atoms with van der Waals surface area (Å²) in [4.78, 5) is 4.41. The molecule has 0 unspecified atom stereocenters. The summed E-state index contributed by atoms with van der Waals surface area (Å²) in [5, 5.41) is 24.9. The molecule has 1 aromatic carbocycles. The fraction of sp³-hybridized carbons (Fsp3) is 0.400. The maximum absolute atomic E-state index is 14.7. The minimum absolute atomic E-state index is 0.0429. The Morgan fingerprint density at radius 3 is 2.81 bits per heavy atom. The summed E-state index contributed by atoms with van der Waals surface area (Å²) in [7, 11) is 1.46. The van der Waals surface area contributed by atoms with E-state index in [0.717, 1.165) is 4.68 Å². The third-order valence-corrected chi connectivity index (χ3v) is 5.57. The summed E-state index contributed by atoms with van der Waals surface area (Å²) in [6, 6.07) is 4.58. The van der Waals surface area contributed by atoms with Crippen molar-refractivity contribution in [1.82, 2.24) is 29.6 Å². The molecule has 0 aliphatic heterocycles. The average molecular weight is 447 g/mol. The normalized spacial score (nSPS) is 20.8. The number of methoxy groups -OCH3 is 1. The zero-order valence-electron chi connectivity index (χ0n) is 17.3. The van der Waals surface area contributed by atoms with Gasteiger partial charge in [-0.3, -0.25) is 0 Å². The minimum atomic E-state index is -2.65. The summed E-state index contributed by atoms with van der Waals surface area (Å²) in [5.74, 6) is -0.0845. The molecule has 2 N–H and O–H groups in total. The summed E-state index contributed by atoms with van der Waals surface area (Å²) in [6.45, 7) is 1.08. The van der Waals surface area contributed by atoms with Crippen molar-refractivity contribution in [2.75, 3.05) is 12.4 Å². The van der Waals surface area contributed by atoms with Crippen LogP contribution in [0.5, 0.6) is 5.88 Å². The van der Waals surface area contributed by atoms with Crippen molar-refractivity contribution in [2.24, 2.45) is 0 Å². The topological polar surface area (TPSA) is 102 Å². The molecule has 0 saturated heterocycles. The first kappa shape index (κ1) is 20.5. The van der Waals surface area contributed by atoms with Crippen LogP contribution in [0.2, 0.25) is 0 Å². The van der Waals surface area contributed by atoms with E-state index >= 15 is 0 Å². The van der Waals surface area contributed by atoms with Crippen LogP contribution in [0.15, 0.2) is 24.4 Å². The molecular weight excluding hydrogens is 427 g/mol. The Morgan fingerprint density at radius 2 is 2.12 bits per heavy atom. The van der Waals surface area contributed by atoms with Gasteiger partial charge in [0.2, 0.25) is 11.8 Å². The molecule has 0 amide bonds. The molecule has 0 radical (unpaired) electrons. The number of aliphatic hydroxyl groups is 1. The molecule has 0 atom stereocenters. The van der Waals surface area contributed by atoms with E-state index in [1.165, 1.54) is 13.2 Å². The lowest BCUT2D eigenvalue weighted by Crippen LogP contribution is -2.48. The fourth-order valence-corrected chi connectivity index (χ4v) is 4.16. The molecule has 1 fully saturated rings. The van der Waals surface area contributed by atoms with Crippen LogP contribution in [0.25, 0.3) is 27.7 Å². The molecule has 12 heteroatoms. The first-order chi connectivity index (χ1) is 15.2. The summed E-state index contributed by atoms with van der Waals surface area (Å²) >= 11 is 0. The molecule has 0 spiro atoms. The van der Waals surface area contributed by atoms with E-state index < -0.39 is 24.4 Å². The van der Waals surface area contributed by atoms with Gasteiger partial charge >= 0.3 is 0 Å². The second kappa shape index (κ2) is 7.33. The molecule has 3 aromatic heterocycles. The molecule has 1 saturated carbocycles. The summed E-state index contributed by atoms with van der Waals surface area (Å²) in [5.41, 5.74) is 0.864. The van der Waals surface area contributed by atoms with Crippen LogP contribution in [-0.4, -0.2) is 59.9 Å². The van der Waals surface area contributed by atoms with E-state index in [2.05, 4.69) is 25.7 Å². The average Bonchev–Trinajstić information content (AvgIpc) is 3.30. The number of aromatic nitrogens is 6. The molecule has 1 aliphatic carbocycles. The largest absolute Gasteiger partial charge is 0.479 e. The van der Waals surface area contributed by atoms with Gasteiger partial charge in [0.1, 0.15) is 17.6 Å². The molecule has 5 rings (SSSR count). The van der Waals surface area contributed by atoms with Crippen molar-refractivity contribution in [3.05, 3.63) is 30.2 Å². The molecule has 168 valence electrons. The Morgan fingerprint density at radius 1 is 1.34 bits per heavy atom. The highest BCUT2D eigenvalue weighted by Gasteiger charge is 2.38. The van der Waals surface area contributed by atoms with E-state index in [4.69, 9.17) is 4.74 Å². The van der Waals surface area contributed by atoms with Gasteiger partial charge in [-0.05, 0) is 43.5 Å². The van der Waals surface area contributed by atoms with Crippen LogP contribution >= 0.6 is 0 Å². The first-order valence-electron chi connectivity index (χ1n) is 9.97. The van der Waals surface area contributed by atoms with Crippen LogP contribution in [0, 0.1) is 5.82 Å². The van der Waals surface area contributed by atoms with Gasteiger partial charge in [0.05, 0.1) is 18.2 Å². The van der Waals surface area contributed by atoms with Crippen molar-refractivity contribution >= 4 is 22.5 Å². The second-order valence-electron chi connectivity index (χ2n) is 8.20. The van der Waals surface area contributed by atoms with Crippen LogP contribution in [0.1, 0.15) is 19.8 Å². The van der Waals surface area contributed by atoms with Crippen LogP contribution in [0.3, 0.4) is 0 Å². The molecule has 32 heavy (non-hydrogen) atoms. The number of hydrogen-bond acceptors (Lipinski definition) is 7. The van der Waals surface area contributed by atoms with Crippen molar-refractivity contribution < 1.29 is 23.0 Å². The zero-order valence-corrected chi connectivity index (χ0v) is 17.3. The number of alkyl halides is 2. The molecule has 1 aliphatic rings. The van der Waals surface area contributed by atoms with Gasteiger partial charge in [-0.15, -0.1) is 10.2 Å².